The largest absolute Gasteiger partial charge is 0.476 e. The van der Waals surface area contributed by atoms with Gasteiger partial charge in [0.25, 0.3) is 0 Å². The summed E-state index contributed by atoms with van der Waals surface area (Å²) in [6.45, 7) is 2.81. The number of para-hydroxylation sites is 1. The number of carbonyl (C=O) groups excluding carboxylic acids is 2. The molecular formula is C20H18ClNO4. The molecule has 0 unspecified atom stereocenters. The third-order valence-electron chi connectivity index (χ3n) is 3.90. The van der Waals surface area contributed by atoms with E-state index < -0.39 is 11.6 Å². The number of ketones is 1. The van der Waals surface area contributed by atoms with Crippen LogP contribution in [-0.2, 0) is 9.53 Å². The van der Waals surface area contributed by atoms with Crippen LogP contribution in [0.15, 0.2) is 54.7 Å². The third-order valence-corrected chi connectivity index (χ3v) is 4.15. The van der Waals surface area contributed by atoms with Gasteiger partial charge in [-0.1, -0.05) is 29.8 Å². The Bertz CT molecular complexity index is 944. The van der Waals surface area contributed by atoms with Gasteiger partial charge in [0.1, 0.15) is 5.75 Å². The molecule has 3 rings (SSSR count). The number of hydrogen-bond donors (Lipinski definition) is 1. The zero-order valence-corrected chi connectivity index (χ0v) is 15.2. The maximum absolute atomic E-state index is 12.4. The van der Waals surface area contributed by atoms with Gasteiger partial charge in [-0.05, 0) is 44.2 Å². The molecule has 3 aromatic rings. The fraction of sp³-hybridized carbons (Fsp3) is 0.200. The van der Waals surface area contributed by atoms with E-state index in [-0.39, 0.29) is 12.4 Å². The van der Waals surface area contributed by atoms with Crippen molar-refractivity contribution in [3.05, 3.63) is 65.3 Å². The number of fused-ring (bicyclic) bond motifs is 1. The Morgan fingerprint density at radius 1 is 1.08 bits per heavy atom. The fourth-order valence-corrected chi connectivity index (χ4v) is 2.65. The van der Waals surface area contributed by atoms with Crippen LogP contribution in [-0.4, -0.2) is 28.9 Å². The highest BCUT2D eigenvalue weighted by atomic mass is 35.5. The Kier molecular flexibility index (Phi) is 5.00. The quantitative estimate of drug-likeness (QED) is 0.515. The number of H-pyrrole nitrogens is 1. The maximum atomic E-state index is 12.4. The van der Waals surface area contributed by atoms with Crippen LogP contribution in [0.1, 0.15) is 24.2 Å². The lowest BCUT2D eigenvalue weighted by Gasteiger charge is -2.24. The van der Waals surface area contributed by atoms with Crippen LogP contribution in [0, 0.1) is 0 Å². The summed E-state index contributed by atoms with van der Waals surface area (Å²) in [5.74, 6) is -0.418. The van der Waals surface area contributed by atoms with Crippen LogP contribution in [0.3, 0.4) is 0 Å². The number of ether oxygens (including phenoxy) is 2. The molecule has 0 atom stereocenters. The predicted octanol–water partition coefficient (Wildman–Crippen LogP) is 4.40. The summed E-state index contributed by atoms with van der Waals surface area (Å²) < 4.78 is 10.8. The summed E-state index contributed by atoms with van der Waals surface area (Å²) in [4.78, 5) is 27.8. The van der Waals surface area contributed by atoms with Crippen molar-refractivity contribution in [2.75, 3.05) is 6.61 Å². The first-order valence-corrected chi connectivity index (χ1v) is 8.46. The number of nitrogens with one attached hydrogen (secondary N) is 1. The lowest BCUT2D eigenvalue weighted by molar-refractivity contribution is -0.158. The lowest BCUT2D eigenvalue weighted by atomic mass is 10.1. The molecule has 2 aromatic carbocycles. The molecule has 6 heteroatoms. The van der Waals surface area contributed by atoms with E-state index in [0.717, 1.165) is 10.9 Å². The molecule has 1 N–H and O–H groups in total. The highest BCUT2D eigenvalue weighted by Crippen LogP contribution is 2.22. The molecule has 1 heterocycles. The van der Waals surface area contributed by atoms with Gasteiger partial charge >= 0.3 is 5.97 Å². The first-order valence-electron chi connectivity index (χ1n) is 8.08. The van der Waals surface area contributed by atoms with Crippen LogP contribution in [0.25, 0.3) is 10.9 Å². The zero-order valence-electron chi connectivity index (χ0n) is 14.4. The average molecular weight is 372 g/mol. The first kappa shape index (κ1) is 18.0. The minimum Gasteiger partial charge on any atom is -0.476 e. The van der Waals surface area contributed by atoms with Crippen molar-refractivity contribution in [1.82, 2.24) is 4.98 Å². The molecule has 0 amide bonds. The van der Waals surface area contributed by atoms with Crippen molar-refractivity contribution in [3.8, 4) is 5.75 Å². The fourth-order valence-electron chi connectivity index (χ4n) is 2.52. The molecule has 0 aliphatic heterocycles. The SMILES string of the molecule is CC(C)(Oc1ccc(Cl)cc1)C(=O)OCC(=O)c1c[nH]c2ccccc12. The van der Waals surface area contributed by atoms with E-state index in [1.807, 2.05) is 24.3 Å². The molecule has 0 radical (unpaired) electrons. The number of carbonyl (C=O) groups is 2. The number of halogens is 1. The Morgan fingerprint density at radius 3 is 2.50 bits per heavy atom. The molecule has 0 aliphatic carbocycles. The van der Waals surface area contributed by atoms with Gasteiger partial charge in [0.2, 0.25) is 5.78 Å². The molecule has 1 aromatic heterocycles. The Hall–Kier alpha value is -2.79. The first-order chi connectivity index (χ1) is 12.4. The van der Waals surface area contributed by atoms with Gasteiger partial charge in [-0.15, -0.1) is 0 Å². The molecule has 0 saturated carbocycles. The van der Waals surface area contributed by atoms with E-state index in [1.54, 1.807) is 44.3 Å². The van der Waals surface area contributed by atoms with Gasteiger partial charge in [0, 0.05) is 27.7 Å². The Balaban J connectivity index is 1.63. The van der Waals surface area contributed by atoms with Crippen molar-refractivity contribution >= 4 is 34.3 Å². The number of aromatic amines is 1. The van der Waals surface area contributed by atoms with Crippen molar-refractivity contribution in [2.45, 2.75) is 19.4 Å². The Morgan fingerprint density at radius 2 is 1.77 bits per heavy atom. The third kappa shape index (κ3) is 3.89. The van der Waals surface area contributed by atoms with Crippen LogP contribution in [0.2, 0.25) is 5.02 Å². The number of benzene rings is 2. The summed E-state index contributed by atoms with van der Waals surface area (Å²) >= 11 is 5.83. The molecule has 134 valence electrons. The number of hydrogen-bond acceptors (Lipinski definition) is 4. The topological polar surface area (TPSA) is 68.4 Å². The van der Waals surface area contributed by atoms with Gasteiger partial charge < -0.3 is 14.5 Å². The molecule has 26 heavy (non-hydrogen) atoms. The summed E-state index contributed by atoms with van der Waals surface area (Å²) in [5.41, 5.74) is 0.104. The summed E-state index contributed by atoms with van der Waals surface area (Å²) in [6.07, 6.45) is 1.62. The van der Waals surface area contributed by atoms with E-state index in [2.05, 4.69) is 4.98 Å². The van der Waals surface area contributed by atoms with Crippen molar-refractivity contribution in [2.24, 2.45) is 0 Å². The maximum Gasteiger partial charge on any atom is 0.350 e. The highest BCUT2D eigenvalue weighted by Gasteiger charge is 2.32. The summed E-state index contributed by atoms with van der Waals surface area (Å²) in [5, 5.41) is 1.37. The van der Waals surface area contributed by atoms with E-state index in [1.165, 1.54) is 0 Å². The van der Waals surface area contributed by atoms with Crippen molar-refractivity contribution in [3.63, 3.8) is 0 Å². The Labute approximate surface area is 155 Å². The van der Waals surface area contributed by atoms with Gasteiger partial charge in [-0.2, -0.15) is 0 Å². The molecule has 0 fully saturated rings. The second-order valence-corrected chi connectivity index (χ2v) is 6.75. The van der Waals surface area contributed by atoms with Crippen LogP contribution in [0.4, 0.5) is 0 Å². The van der Waals surface area contributed by atoms with Crippen LogP contribution < -0.4 is 4.74 Å². The van der Waals surface area contributed by atoms with Crippen LogP contribution in [0.5, 0.6) is 5.75 Å². The number of Topliss-reactive ketones (excluding diaryl/α,β-unsaturated/α-hetero) is 1. The summed E-state index contributed by atoms with van der Waals surface area (Å²) in [7, 11) is 0. The second kappa shape index (κ2) is 7.22. The standard InChI is InChI=1S/C20H18ClNO4/c1-20(2,26-14-9-7-13(21)8-10-14)19(24)25-12-18(23)16-11-22-17-6-4-3-5-15(16)17/h3-11,22H,12H2,1-2H3. The lowest BCUT2D eigenvalue weighted by Crippen LogP contribution is -2.40. The molecule has 0 bridgehead atoms. The smallest absolute Gasteiger partial charge is 0.350 e. The van der Waals surface area contributed by atoms with Gasteiger partial charge in [0.05, 0.1) is 0 Å². The molecule has 0 saturated heterocycles. The normalized spacial score (nSPS) is 11.3. The second-order valence-electron chi connectivity index (χ2n) is 6.31. The van der Waals surface area contributed by atoms with Gasteiger partial charge in [-0.25, -0.2) is 4.79 Å². The molecule has 0 aliphatic rings. The van der Waals surface area contributed by atoms with Crippen LogP contribution >= 0.6 is 11.6 Å². The average Bonchev–Trinajstić information content (AvgIpc) is 3.05. The number of rotatable bonds is 6. The van der Waals surface area contributed by atoms with E-state index in [4.69, 9.17) is 21.1 Å². The molecule has 0 spiro atoms. The minimum atomic E-state index is -1.24. The van der Waals surface area contributed by atoms with Gasteiger partial charge in [0.15, 0.2) is 12.2 Å². The summed E-state index contributed by atoms with van der Waals surface area (Å²) in [6, 6.07) is 14.1. The van der Waals surface area contributed by atoms with E-state index in [0.29, 0.717) is 16.3 Å². The number of aromatic nitrogens is 1. The monoisotopic (exact) mass is 371 g/mol. The molecule has 5 nitrogen and oxygen atoms in total. The number of esters is 1. The van der Waals surface area contributed by atoms with Crippen molar-refractivity contribution in [1.29, 1.82) is 0 Å². The zero-order chi connectivity index (χ0) is 18.7. The minimum absolute atomic E-state index is 0.280. The predicted molar refractivity (Wildman–Crippen MR) is 99.7 cm³/mol. The molecular weight excluding hydrogens is 354 g/mol. The highest BCUT2D eigenvalue weighted by molar-refractivity contribution is 6.30. The van der Waals surface area contributed by atoms with E-state index in [9.17, 15) is 9.59 Å². The van der Waals surface area contributed by atoms with Gasteiger partial charge in [-0.3, -0.25) is 4.79 Å². The van der Waals surface area contributed by atoms with E-state index >= 15 is 0 Å². The van der Waals surface area contributed by atoms with Crippen molar-refractivity contribution < 1.29 is 19.1 Å².